The Bertz CT molecular complexity index is 1730. The Morgan fingerprint density at radius 1 is 1.08 bits per heavy atom. The summed E-state index contributed by atoms with van der Waals surface area (Å²) >= 11 is 7.86. The van der Waals surface area contributed by atoms with E-state index in [0.717, 1.165) is 16.3 Å². The highest BCUT2D eigenvalue weighted by molar-refractivity contribution is 7.07. The van der Waals surface area contributed by atoms with Crippen LogP contribution in [-0.2, 0) is 9.53 Å². The Labute approximate surface area is 222 Å². The van der Waals surface area contributed by atoms with Crippen molar-refractivity contribution in [2.45, 2.75) is 26.8 Å². The van der Waals surface area contributed by atoms with Crippen LogP contribution in [0, 0.1) is 0 Å². The summed E-state index contributed by atoms with van der Waals surface area (Å²) in [6.45, 7) is 6.13. The molecule has 1 aromatic heterocycles. The zero-order valence-corrected chi connectivity index (χ0v) is 22.2. The van der Waals surface area contributed by atoms with Gasteiger partial charge in [-0.3, -0.25) is 9.36 Å². The molecule has 0 aliphatic carbocycles. The number of hydrogen-bond donors (Lipinski definition) is 0. The molecule has 0 saturated carbocycles. The lowest BCUT2D eigenvalue weighted by molar-refractivity contribution is -0.139. The summed E-state index contributed by atoms with van der Waals surface area (Å²) in [4.78, 5) is 32.2. The molecular weight excluding hydrogens is 508 g/mol. The second-order valence-corrected chi connectivity index (χ2v) is 9.87. The van der Waals surface area contributed by atoms with Gasteiger partial charge in [0, 0.05) is 10.6 Å². The summed E-state index contributed by atoms with van der Waals surface area (Å²) in [6, 6.07) is 18.3. The average molecular weight is 533 g/mol. The molecular formula is C29H25ClN2O4S. The molecule has 0 fully saturated rings. The molecule has 0 N–H and O–H groups in total. The molecule has 0 amide bonds. The van der Waals surface area contributed by atoms with Crippen molar-refractivity contribution in [3.8, 4) is 5.75 Å². The van der Waals surface area contributed by atoms with Gasteiger partial charge >= 0.3 is 5.97 Å². The molecule has 2 heterocycles. The first-order valence-corrected chi connectivity index (χ1v) is 13.2. The molecule has 6 nitrogen and oxygen atoms in total. The van der Waals surface area contributed by atoms with E-state index in [1.54, 1.807) is 24.5 Å². The number of hydrogen-bond acceptors (Lipinski definition) is 6. The van der Waals surface area contributed by atoms with Gasteiger partial charge in [-0.1, -0.05) is 71.5 Å². The smallest absolute Gasteiger partial charge is 0.338 e. The number of thiazole rings is 1. The first kappa shape index (κ1) is 25.0. The number of nitrogens with zero attached hydrogens (tertiary/aromatic N) is 2. The first-order valence-electron chi connectivity index (χ1n) is 12.0. The highest BCUT2D eigenvalue weighted by Gasteiger charge is 2.34. The molecule has 1 aliphatic rings. The lowest BCUT2D eigenvalue weighted by Crippen LogP contribution is -2.40. The summed E-state index contributed by atoms with van der Waals surface area (Å²) in [7, 11) is 0. The van der Waals surface area contributed by atoms with Crippen molar-refractivity contribution in [3.05, 3.63) is 108 Å². The van der Waals surface area contributed by atoms with Gasteiger partial charge in [-0.2, -0.15) is 0 Å². The van der Waals surface area contributed by atoms with Crippen LogP contribution < -0.4 is 19.6 Å². The Kier molecular flexibility index (Phi) is 7.00. The number of rotatable bonds is 6. The molecule has 0 bridgehead atoms. The van der Waals surface area contributed by atoms with Gasteiger partial charge in [-0.15, -0.1) is 0 Å². The SMILES string of the molecule is CCOC(=O)C1=C(C)N=c2s/c(=C\c3c(OCC)ccc4ccccc34)c(=O)n2C1c1ccccc1Cl. The fourth-order valence-corrected chi connectivity index (χ4v) is 5.89. The van der Waals surface area contributed by atoms with Crippen LogP contribution in [0.4, 0.5) is 0 Å². The first-order chi connectivity index (χ1) is 17.9. The summed E-state index contributed by atoms with van der Waals surface area (Å²) in [5, 5.41) is 2.47. The van der Waals surface area contributed by atoms with E-state index in [-0.39, 0.29) is 12.2 Å². The molecule has 1 aliphatic heterocycles. The third-order valence-electron chi connectivity index (χ3n) is 6.22. The Morgan fingerprint density at radius 3 is 2.59 bits per heavy atom. The molecule has 0 spiro atoms. The van der Waals surface area contributed by atoms with E-state index >= 15 is 0 Å². The molecule has 0 radical (unpaired) electrons. The van der Waals surface area contributed by atoms with Gasteiger partial charge in [-0.05, 0) is 55.3 Å². The number of aromatic nitrogens is 1. The van der Waals surface area contributed by atoms with Crippen LogP contribution >= 0.6 is 22.9 Å². The van der Waals surface area contributed by atoms with Crippen LogP contribution in [0.3, 0.4) is 0 Å². The number of ether oxygens (including phenoxy) is 2. The van der Waals surface area contributed by atoms with Crippen molar-refractivity contribution in [1.82, 2.24) is 4.57 Å². The third kappa shape index (κ3) is 4.49. The Hall–Kier alpha value is -3.68. The molecule has 4 aromatic rings. The van der Waals surface area contributed by atoms with Crippen LogP contribution in [0.2, 0.25) is 5.02 Å². The number of allylic oxidation sites excluding steroid dienone is 1. The Balaban J connectivity index is 1.79. The standard InChI is InChI=1S/C29H25ClN2O4S/c1-4-35-23-15-14-18-10-6-7-11-19(18)21(23)16-24-27(33)32-26(20-12-8-9-13-22(20)30)25(28(34)36-5-2)17(3)31-29(32)37-24/h6-16,26H,4-5H2,1-3H3/b24-16-. The molecule has 3 aromatic carbocycles. The van der Waals surface area contributed by atoms with Gasteiger partial charge in [0.2, 0.25) is 0 Å². The fourth-order valence-electron chi connectivity index (χ4n) is 4.62. The average Bonchev–Trinajstić information content (AvgIpc) is 3.19. The maximum absolute atomic E-state index is 14.0. The number of fused-ring (bicyclic) bond motifs is 2. The minimum absolute atomic E-state index is 0.205. The van der Waals surface area contributed by atoms with Gasteiger partial charge in [-0.25, -0.2) is 9.79 Å². The van der Waals surface area contributed by atoms with Gasteiger partial charge in [0.05, 0.1) is 29.0 Å². The lowest BCUT2D eigenvalue weighted by Gasteiger charge is -2.25. The van der Waals surface area contributed by atoms with Crippen molar-refractivity contribution in [2.75, 3.05) is 13.2 Å². The predicted octanol–water partition coefficient (Wildman–Crippen LogP) is 5.00. The zero-order valence-electron chi connectivity index (χ0n) is 20.7. The second-order valence-electron chi connectivity index (χ2n) is 8.46. The number of halogens is 1. The summed E-state index contributed by atoms with van der Waals surface area (Å²) in [5.74, 6) is 0.175. The minimum Gasteiger partial charge on any atom is -0.493 e. The monoisotopic (exact) mass is 532 g/mol. The summed E-state index contributed by atoms with van der Waals surface area (Å²) < 4.78 is 13.3. The quantitative estimate of drug-likeness (QED) is 0.328. The zero-order chi connectivity index (χ0) is 26.1. The molecule has 0 saturated heterocycles. The van der Waals surface area contributed by atoms with Gasteiger partial charge in [0.1, 0.15) is 11.8 Å². The van der Waals surface area contributed by atoms with Crippen LogP contribution in [0.25, 0.3) is 16.8 Å². The van der Waals surface area contributed by atoms with Crippen LogP contribution in [0.5, 0.6) is 5.75 Å². The number of esters is 1. The van der Waals surface area contributed by atoms with Crippen molar-refractivity contribution in [3.63, 3.8) is 0 Å². The maximum atomic E-state index is 14.0. The van der Waals surface area contributed by atoms with Gasteiger partial charge < -0.3 is 9.47 Å². The molecule has 5 rings (SSSR count). The number of benzene rings is 3. The Morgan fingerprint density at radius 2 is 1.84 bits per heavy atom. The van der Waals surface area contributed by atoms with Crippen molar-refractivity contribution < 1.29 is 14.3 Å². The van der Waals surface area contributed by atoms with Crippen molar-refractivity contribution in [1.29, 1.82) is 0 Å². The molecule has 188 valence electrons. The van der Waals surface area contributed by atoms with Crippen LogP contribution in [0.15, 0.2) is 81.7 Å². The van der Waals surface area contributed by atoms with E-state index in [1.807, 2.05) is 67.6 Å². The van der Waals surface area contributed by atoms with E-state index in [4.69, 9.17) is 21.1 Å². The van der Waals surface area contributed by atoms with E-state index in [2.05, 4.69) is 4.99 Å². The molecule has 1 unspecified atom stereocenters. The van der Waals surface area contributed by atoms with E-state index in [1.165, 1.54) is 11.3 Å². The van der Waals surface area contributed by atoms with Crippen molar-refractivity contribution in [2.24, 2.45) is 4.99 Å². The van der Waals surface area contributed by atoms with E-state index in [0.29, 0.717) is 43.5 Å². The summed E-state index contributed by atoms with van der Waals surface area (Å²) in [5.41, 5.74) is 1.99. The number of carbonyl (C=O) groups excluding carboxylic acids is 1. The molecule has 8 heteroatoms. The fraction of sp³-hybridized carbons (Fsp3) is 0.207. The van der Waals surface area contributed by atoms with E-state index < -0.39 is 12.0 Å². The molecule has 1 atom stereocenters. The van der Waals surface area contributed by atoms with Gasteiger partial charge in [0.15, 0.2) is 4.80 Å². The van der Waals surface area contributed by atoms with Gasteiger partial charge in [0.25, 0.3) is 5.56 Å². The second kappa shape index (κ2) is 10.4. The van der Waals surface area contributed by atoms with Crippen molar-refractivity contribution >= 4 is 45.8 Å². The maximum Gasteiger partial charge on any atom is 0.338 e. The van der Waals surface area contributed by atoms with Crippen LogP contribution in [0.1, 0.15) is 37.9 Å². The lowest BCUT2D eigenvalue weighted by atomic mass is 9.96. The largest absolute Gasteiger partial charge is 0.493 e. The molecule has 37 heavy (non-hydrogen) atoms. The summed E-state index contributed by atoms with van der Waals surface area (Å²) in [6.07, 6.45) is 1.85. The topological polar surface area (TPSA) is 69.9 Å². The predicted molar refractivity (Wildman–Crippen MR) is 147 cm³/mol. The van der Waals surface area contributed by atoms with E-state index in [9.17, 15) is 9.59 Å². The highest BCUT2D eigenvalue weighted by Crippen LogP contribution is 2.34. The highest BCUT2D eigenvalue weighted by atomic mass is 35.5. The van der Waals surface area contributed by atoms with Crippen LogP contribution in [-0.4, -0.2) is 23.8 Å². The third-order valence-corrected chi connectivity index (χ3v) is 7.55. The number of carbonyl (C=O) groups is 1. The minimum atomic E-state index is -0.759. The normalized spacial score (nSPS) is 15.5.